The monoisotopic (exact) mass is 284 g/mol. The van der Waals surface area contributed by atoms with Crippen LogP contribution >= 0.6 is 0 Å². The summed E-state index contributed by atoms with van der Waals surface area (Å²) in [5.74, 6) is 0.187. The summed E-state index contributed by atoms with van der Waals surface area (Å²) in [7, 11) is 1.92. The van der Waals surface area contributed by atoms with Crippen molar-refractivity contribution in [1.29, 1.82) is 5.26 Å². The largest absolute Gasteiger partial charge is 0.370 e. The lowest BCUT2D eigenvalue weighted by atomic mass is 10.0. The zero-order chi connectivity index (χ0) is 14.8. The molecule has 0 radical (unpaired) electrons. The molecule has 1 aliphatic rings. The molecule has 1 atom stereocenters. The molecular weight excluding hydrogens is 267 g/mol. The Balaban J connectivity index is 1.71. The molecular formula is C16H17FN4. The lowest BCUT2D eigenvalue weighted by molar-refractivity contribution is 0.586. The summed E-state index contributed by atoms with van der Waals surface area (Å²) in [4.78, 5) is 2.18. The molecule has 2 aromatic rings. The highest BCUT2D eigenvalue weighted by Crippen LogP contribution is 2.28. The Kier molecular flexibility index (Phi) is 3.61. The number of hydrogen-bond donors (Lipinski definition) is 0. The van der Waals surface area contributed by atoms with Crippen LogP contribution in [0.4, 0.5) is 10.1 Å². The van der Waals surface area contributed by atoms with Crippen LogP contribution in [0.15, 0.2) is 30.6 Å². The van der Waals surface area contributed by atoms with E-state index >= 15 is 0 Å². The zero-order valence-corrected chi connectivity index (χ0v) is 12.0. The Hall–Kier alpha value is -2.35. The van der Waals surface area contributed by atoms with Gasteiger partial charge in [-0.05, 0) is 42.5 Å². The number of halogens is 1. The first-order valence-electron chi connectivity index (χ1n) is 7.08. The van der Waals surface area contributed by atoms with Gasteiger partial charge in [0.1, 0.15) is 11.9 Å². The van der Waals surface area contributed by atoms with E-state index < -0.39 is 0 Å². The van der Waals surface area contributed by atoms with E-state index in [1.807, 2.05) is 24.1 Å². The number of rotatable bonds is 3. The summed E-state index contributed by atoms with van der Waals surface area (Å²) in [5, 5.41) is 13.3. The third kappa shape index (κ3) is 2.89. The first kappa shape index (κ1) is 13.6. The maximum absolute atomic E-state index is 13.2. The van der Waals surface area contributed by atoms with E-state index in [9.17, 15) is 4.39 Å². The first-order chi connectivity index (χ1) is 10.2. The fourth-order valence-electron chi connectivity index (χ4n) is 3.00. The van der Waals surface area contributed by atoms with Gasteiger partial charge >= 0.3 is 0 Å². The minimum absolute atomic E-state index is 0.360. The van der Waals surface area contributed by atoms with Crippen LogP contribution in [0.2, 0.25) is 0 Å². The molecule has 0 N–H and O–H groups in total. The molecule has 0 amide bonds. The van der Waals surface area contributed by atoms with Gasteiger partial charge in [-0.15, -0.1) is 0 Å². The first-order valence-corrected chi connectivity index (χ1v) is 7.08. The second-order valence-corrected chi connectivity index (χ2v) is 5.60. The highest BCUT2D eigenvalue weighted by molar-refractivity contribution is 5.60. The number of nitriles is 1. The molecule has 1 aromatic carbocycles. The fraction of sp³-hybridized carbons (Fsp3) is 0.375. The van der Waals surface area contributed by atoms with Gasteiger partial charge in [0.15, 0.2) is 0 Å². The van der Waals surface area contributed by atoms with E-state index in [4.69, 9.17) is 5.26 Å². The molecule has 3 rings (SSSR count). The van der Waals surface area contributed by atoms with E-state index in [0.29, 0.717) is 11.5 Å². The van der Waals surface area contributed by atoms with Gasteiger partial charge in [0.25, 0.3) is 0 Å². The molecule has 4 nitrogen and oxygen atoms in total. The molecule has 108 valence electrons. The van der Waals surface area contributed by atoms with Crippen LogP contribution in [0.5, 0.6) is 0 Å². The van der Waals surface area contributed by atoms with Crippen LogP contribution in [-0.4, -0.2) is 22.9 Å². The Labute approximate surface area is 123 Å². The molecule has 21 heavy (non-hydrogen) atoms. The third-order valence-corrected chi connectivity index (χ3v) is 3.99. The molecule has 5 heteroatoms. The Morgan fingerprint density at radius 3 is 3.05 bits per heavy atom. The van der Waals surface area contributed by atoms with E-state index in [-0.39, 0.29) is 5.82 Å². The van der Waals surface area contributed by atoms with Gasteiger partial charge in [0.2, 0.25) is 0 Å². The maximum Gasteiger partial charge on any atom is 0.124 e. The number of nitrogens with zero attached hydrogens (tertiary/aromatic N) is 4. The van der Waals surface area contributed by atoms with Gasteiger partial charge in [0.05, 0.1) is 17.4 Å². The predicted molar refractivity (Wildman–Crippen MR) is 78.3 cm³/mol. The van der Waals surface area contributed by atoms with Crippen LogP contribution in [0, 0.1) is 23.1 Å². The fourth-order valence-corrected chi connectivity index (χ4v) is 3.00. The number of hydrogen-bond acceptors (Lipinski definition) is 3. The summed E-state index contributed by atoms with van der Waals surface area (Å²) in [5.41, 5.74) is 2.49. The molecule has 1 saturated heterocycles. The number of anilines is 1. The lowest BCUT2D eigenvalue weighted by Crippen LogP contribution is -2.21. The van der Waals surface area contributed by atoms with E-state index in [1.54, 1.807) is 6.07 Å². The number of aromatic nitrogens is 2. The van der Waals surface area contributed by atoms with Crippen LogP contribution < -0.4 is 4.90 Å². The van der Waals surface area contributed by atoms with Crippen molar-refractivity contribution in [3.8, 4) is 6.07 Å². The van der Waals surface area contributed by atoms with Crippen LogP contribution in [0.1, 0.15) is 17.5 Å². The Morgan fingerprint density at radius 2 is 2.33 bits per heavy atom. The second kappa shape index (κ2) is 5.57. The van der Waals surface area contributed by atoms with E-state index in [1.165, 1.54) is 17.7 Å². The molecule has 0 spiro atoms. The molecule has 1 aromatic heterocycles. The van der Waals surface area contributed by atoms with Gasteiger partial charge in [0, 0.05) is 26.3 Å². The predicted octanol–water partition coefficient (Wildman–Crippen LogP) is 2.50. The maximum atomic E-state index is 13.2. The number of benzene rings is 1. The van der Waals surface area contributed by atoms with Crippen molar-refractivity contribution >= 4 is 5.69 Å². The van der Waals surface area contributed by atoms with Crippen molar-refractivity contribution in [2.24, 2.45) is 13.0 Å². The lowest BCUT2D eigenvalue weighted by Gasteiger charge is -2.20. The smallest absolute Gasteiger partial charge is 0.124 e. The Morgan fingerprint density at radius 1 is 1.48 bits per heavy atom. The molecule has 1 unspecified atom stereocenters. The van der Waals surface area contributed by atoms with Gasteiger partial charge in [-0.1, -0.05) is 0 Å². The minimum atomic E-state index is -0.360. The van der Waals surface area contributed by atoms with Crippen molar-refractivity contribution in [1.82, 2.24) is 9.78 Å². The molecule has 2 heterocycles. The molecule has 0 saturated carbocycles. The van der Waals surface area contributed by atoms with Crippen molar-refractivity contribution < 1.29 is 4.39 Å². The van der Waals surface area contributed by atoms with Gasteiger partial charge in [-0.25, -0.2) is 4.39 Å². The average Bonchev–Trinajstić information content (AvgIpc) is 3.08. The van der Waals surface area contributed by atoms with Gasteiger partial charge in [-0.3, -0.25) is 4.68 Å². The summed E-state index contributed by atoms with van der Waals surface area (Å²) in [6, 6.07) is 6.53. The quantitative estimate of drug-likeness (QED) is 0.870. The highest BCUT2D eigenvalue weighted by Gasteiger charge is 2.25. The summed E-state index contributed by atoms with van der Waals surface area (Å²) in [6.07, 6.45) is 6.02. The van der Waals surface area contributed by atoms with Crippen molar-refractivity contribution in [2.75, 3.05) is 18.0 Å². The normalized spacial score (nSPS) is 18.0. The van der Waals surface area contributed by atoms with Gasteiger partial charge in [-0.2, -0.15) is 10.4 Å². The van der Waals surface area contributed by atoms with E-state index in [0.717, 1.165) is 31.6 Å². The molecule has 0 aliphatic carbocycles. The van der Waals surface area contributed by atoms with Crippen molar-refractivity contribution in [2.45, 2.75) is 12.8 Å². The summed E-state index contributed by atoms with van der Waals surface area (Å²) < 4.78 is 15.0. The Bertz CT molecular complexity index is 686. The minimum Gasteiger partial charge on any atom is -0.370 e. The topological polar surface area (TPSA) is 44.9 Å². The molecule has 0 bridgehead atoms. The van der Waals surface area contributed by atoms with E-state index in [2.05, 4.69) is 16.1 Å². The van der Waals surface area contributed by atoms with Crippen molar-refractivity contribution in [3.63, 3.8) is 0 Å². The standard InChI is InChI=1S/C16H17FN4/c1-20-10-13(9-19-20)6-12-4-5-21(11-12)16-3-2-15(17)7-14(16)8-18/h2-3,7,9-10,12H,4-6,11H2,1H3. The van der Waals surface area contributed by atoms with Crippen LogP contribution in [0.25, 0.3) is 0 Å². The average molecular weight is 284 g/mol. The van der Waals surface area contributed by atoms with Crippen LogP contribution in [-0.2, 0) is 13.5 Å². The molecule has 1 aliphatic heterocycles. The van der Waals surface area contributed by atoms with Crippen molar-refractivity contribution in [3.05, 3.63) is 47.5 Å². The zero-order valence-electron chi connectivity index (χ0n) is 12.0. The summed E-state index contributed by atoms with van der Waals surface area (Å²) in [6.45, 7) is 1.81. The molecule has 1 fully saturated rings. The number of aryl methyl sites for hydroxylation is 1. The third-order valence-electron chi connectivity index (χ3n) is 3.99. The summed E-state index contributed by atoms with van der Waals surface area (Å²) >= 11 is 0. The second-order valence-electron chi connectivity index (χ2n) is 5.60. The van der Waals surface area contributed by atoms with Gasteiger partial charge < -0.3 is 4.90 Å². The highest BCUT2D eigenvalue weighted by atomic mass is 19.1. The SMILES string of the molecule is Cn1cc(CC2CCN(c3ccc(F)cc3C#N)C2)cn1. The van der Waals surface area contributed by atoms with Crippen LogP contribution in [0.3, 0.4) is 0 Å².